The molecule has 1 saturated carbocycles. The first kappa shape index (κ1) is 17.0. The van der Waals surface area contributed by atoms with Crippen LogP contribution in [0.4, 0.5) is 0 Å². The van der Waals surface area contributed by atoms with Crippen LogP contribution in [-0.2, 0) is 11.2 Å². The summed E-state index contributed by atoms with van der Waals surface area (Å²) in [5, 5.41) is 19.6. The Morgan fingerprint density at radius 1 is 1.36 bits per heavy atom. The highest BCUT2D eigenvalue weighted by molar-refractivity contribution is 5.76. The van der Waals surface area contributed by atoms with Crippen LogP contribution in [0.15, 0.2) is 0 Å². The molecule has 1 aromatic heterocycles. The van der Waals surface area contributed by atoms with Crippen molar-refractivity contribution in [1.29, 1.82) is 0 Å². The highest BCUT2D eigenvalue weighted by Crippen LogP contribution is 2.27. The molecule has 124 valence electrons. The molecule has 0 bridgehead atoms. The van der Waals surface area contributed by atoms with E-state index in [1.807, 2.05) is 13.8 Å². The number of amides is 1. The first-order valence-electron chi connectivity index (χ1n) is 8.52. The number of aromatic amines is 1. The van der Waals surface area contributed by atoms with Gasteiger partial charge in [0.25, 0.3) is 0 Å². The van der Waals surface area contributed by atoms with Crippen molar-refractivity contribution in [1.82, 2.24) is 15.5 Å². The fourth-order valence-electron chi connectivity index (χ4n) is 3.56. The lowest BCUT2D eigenvalue weighted by molar-refractivity contribution is -0.122. The monoisotopic (exact) mass is 307 g/mol. The summed E-state index contributed by atoms with van der Waals surface area (Å²) in [6.07, 6.45) is 8.00. The van der Waals surface area contributed by atoms with Gasteiger partial charge in [-0.1, -0.05) is 19.3 Å². The number of hydrogen-bond donors (Lipinski definition) is 3. The molecule has 0 aromatic carbocycles. The van der Waals surface area contributed by atoms with Crippen LogP contribution in [-0.4, -0.2) is 33.9 Å². The molecule has 5 nitrogen and oxygen atoms in total. The molecule has 1 amide bonds. The van der Waals surface area contributed by atoms with Gasteiger partial charge < -0.3 is 10.4 Å². The lowest BCUT2D eigenvalue weighted by Gasteiger charge is -2.30. The molecule has 0 saturated heterocycles. The molecule has 2 rings (SSSR count). The van der Waals surface area contributed by atoms with E-state index >= 15 is 0 Å². The minimum atomic E-state index is 0.0871. The maximum atomic E-state index is 12.3. The third-order valence-electron chi connectivity index (χ3n) is 4.89. The van der Waals surface area contributed by atoms with E-state index in [0.29, 0.717) is 18.8 Å². The number of aromatic nitrogens is 2. The fourth-order valence-corrected chi connectivity index (χ4v) is 3.56. The van der Waals surface area contributed by atoms with E-state index in [1.54, 1.807) is 0 Å². The van der Waals surface area contributed by atoms with Gasteiger partial charge in [0.15, 0.2) is 0 Å². The SMILES string of the molecule is Cc1n[nH]c(C)c1CCC(=O)NC(CCO)C1CCCCC1. The summed E-state index contributed by atoms with van der Waals surface area (Å²) in [6.45, 7) is 4.10. The van der Waals surface area contributed by atoms with E-state index in [4.69, 9.17) is 0 Å². The van der Waals surface area contributed by atoms with Crippen molar-refractivity contribution in [3.05, 3.63) is 17.0 Å². The van der Waals surface area contributed by atoms with Gasteiger partial charge in [-0.15, -0.1) is 0 Å². The minimum Gasteiger partial charge on any atom is -0.396 e. The Bertz CT molecular complexity index is 459. The quantitative estimate of drug-likeness (QED) is 0.724. The van der Waals surface area contributed by atoms with Crippen LogP contribution < -0.4 is 5.32 Å². The van der Waals surface area contributed by atoms with Crippen molar-refractivity contribution < 1.29 is 9.90 Å². The Morgan fingerprint density at radius 2 is 2.09 bits per heavy atom. The standard InChI is InChI=1S/C17H29N3O2/c1-12-15(13(2)20-19-12)8-9-17(22)18-16(10-11-21)14-6-4-3-5-7-14/h14,16,21H,3-11H2,1-2H3,(H,18,22)(H,19,20). The molecule has 1 aliphatic rings. The molecule has 0 spiro atoms. The molecule has 22 heavy (non-hydrogen) atoms. The van der Waals surface area contributed by atoms with E-state index in [0.717, 1.165) is 23.4 Å². The van der Waals surface area contributed by atoms with Gasteiger partial charge in [0.05, 0.1) is 5.69 Å². The van der Waals surface area contributed by atoms with Crippen molar-refractivity contribution in [3.8, 4) is 0 Å². The van der Waals surface area contributed by atoms with E-state index in [-0.39, 0.29) is 18.6 Å². The Hall–Kier alpha value is -1.36. The topological polar surface area (TPSA) is 78.0 Å². The van der Waals surface area contributed by atoms with Crippen LogP contribution in [0.3, 0.4) is 0 Å². The number of carbonyl (C=O) groups is 1. The molecule has 0 radical (unpaired) electrons. The first-order chi connectivity index (χ1) is 10.6. The van der Waals surface area contributed by atoms with Crippen molar-refractivity contribution >= 4 is 5.91 Å². The molecular weight excluding hydrogens is 278 g/mol. The number of nitrogens with zero attached hydrogens (tertiary/aromatic N) is 1. The largest absolute Gasteiger partial charge is 0.396 e. The van der Waals surface area contributed by atoms with Gasteiger partial charge in [0.2, 0.25) is 5.91 Å². The number of aliphatic hydroxyl groups is 1. The number of aryl methyl sites for hydroxylation is 2. The van der Waals surface area contributed by atoms with Gasteiger partial charge in [-0.2, -0.15) is 5.10 Å². The minimum absolute atomic E-state index is 0.0871. The predicted octanol–water partition coefficient (Wildman–Crippen LogP) is 2.41. The maximum absolute atomic E-state index is 12.3. The number of carbonyl (C=O) groups excluding carboxylic acids is 1. The van der Waals surface area contributed by atoms with Gasteiger partial charge in [-0.05, 0) is 51.0 Å². The third kappa shape index (κ3) is 4.57. The Kier molecular flexibility index (Phi) is 6.43. The molecule has 1 aliphatic carbocycles. The predicted molar refractivity (Wildman–Crippen MR) is 86.6 cm³/mol. The highest BCUT2D eigenvalue weighted by atomic mass is 16.3. The van der Waals surface area contributed by atoms with Gasteiger partial charge >= 0.3 is 0 Å². The highest BCUT2D eigenvalue weighted by Gasteiger charge is 2.24. The number of hydrogen-bond acceptors (Lipinski definition) is 3. The number of H-pyrrole nitrogens is 1. The van der Waals surface area contributed by atoms with Gasteiger partial charge in [-0.25, -0.2) is 0 Å². The van der Waals surface area contributed by atoms with Crippen molar-refractivity contribution in [2.75, 3.05) is 6.61 Å². The van der Waals surface area contributed by atoms with Crippen molar-refractivity contribution in [2.24, 2.45) is 5.92 Å². The average molecular weight is 307 g/mol. The Balaban J connectivity index is 1.85. The van der Waals surface area contributed by atoms with Gasteiger partial charge in [0, 0.05) is 24.8 Å². The van der Waals surface area contributed by atoms with Crippen LogP contribution in [0.2, 0.25) is 0 Å². The second-order valence-corrected chi connectivity index (χ2v) is 6.50. The molecule has 5 heteroatoms. The Labute approximate surface area is 132 Å². The van der Waals surface area contributed by atoms with Gasteiger partial charge in [-0.3, -0.25) is 9.89 Å². The zero-order valence-electron chi connectivity index (χ0n) is 13.8. The van der Waals surface area contributed by atoms with E-state index in [9.17, 15) is 9.90 Å². The summed E-state index contributed by atoms with van der Waals surface area (Å²) in [6, 6.07) is 0.129. The molecule has 1 atom stereocenters. The van der Waals surface area contributed by atoms with Crippen molar-refractivity contribution in [3.63, 3.8) is 0 Å². The smallest absolute Gasteiger partial charge is 0.220 e. The van der Waals surface area contributed by atoms with Gasteiger partial charge in [0.1, 0.15) is 0 Å². The third-order valence-corrected chi connectivity index (χ3v) is 4.89. The second kappa shape index (κ2) is 8.32. The van der Waals surface area contributed by atoms with E-state index < -0.39 is 0 Å². The molecule has 1 unspecified atom stereocenters. The lowest BCUT2D eigenvalue weighted by atomic mass is 9.82. The maximum Gasteiger partial charge on any atom is 0.220 e. The second-order valence-electron chi connectivity index (χ2n) is 6.50. The zero-order chi connectivity index (χ0) is 15.9. The normalized spacial score (nSPS) is 17.4. The summed E-state index contributed by atoms with van der Waals surface area (Å²) in [7, 11) is 0. The molecular formula is C17H29N3O2. The molecule has 3 N–H and O–H groups in total. The summed E-state index contributed by atoms with van der Waals surface area (Å²) >= 11 is 0. The lowest BCUT2D eigenvalue weighted by Crippen LogP contribution is -2.41. The van der Waals surface area contributed by atoms with Crippen LogP contribution in [0.5, 0.6) is 0 Å². The van der Waals surface area contributed by atoms with Crippen LogP contribution in [0, 0.1) is 19.8 Å². The Morgan fingerprint density at radius 3 is 2.68 bits per heavy atom. The number of rotatable bonds is 7. The zero-order valence-corrected chi connectivity index (χ0v) is 13.8. The molecule has 1 heterocycles. The number of aliphatic hydroxyl groups excluding tert-OH is 1. The summed E-state index contributed by atoms with van der Waals surface area (Å²) < 4.78 is 0. The molecule has 0 aliphatic heterocycles. The van der Waals surface area contributed by atoms with E-state index in [1.165, 1.54) is 32.1 Å². The summed E-state index contributed by atoms with van der Waals surface area (Å²) in [5.74, 6) is 0.617. The van der Waals surface area contributed by atoms with Crippen LogP contribution in [0.1, 0.15) is 61.9 Å². The van der Waals surface area contributed by atoms with Crippen LogP contribution >= 0.6 is 0 Å². The fraction of sp³-hybridized carbons (Fsp3) is 0.765. The molecule has 1 fully saturated rings. The molecule has 1 aromatic rings. The summed E-state index contributed by atoms with van der Waals surface area (Å²) in [4.78, 5) is 12.3. The average Bonchev–Trinajstić information content (AvgIpc) is 2.84. The number of nitrogens with one attached hydrogen (secondary N) is 2. The first-order valence-corrected chi connectivity index (χ1v) is 8.52. The summed E-state index contributed by atoms with van der Waals surface area (Å²) in [5.41, 5.74) is 3.17. The van der Waals surface area contributed by atoms with Crippen molar-refractivity contribution in [2.45, 2.75) is 71.3 Å². The van der Waals surface area contributed by atoms with E-state index in [2.05, 4.69) is 15.5 Å². The van der Waals surface area contributed by atoms with Crippen LogP contribution in [0.25, 0.3) is 0 Å².